The van der Waals surface area contributed by atoms with E-state index in [9.17, 15) is 31.2 Å². The summed E-state index contributed by atoms with van der Waals surface area (Å²) in [5, 5.41) is 1.69. The predicted molar refractivity (Wildman–Crippen MR) is 143 cm³/mol. The van der Waals surface area contributed by atoms with Gasteiger partial charge in [0.2, 0.25) is 15.9 Å². The molecule has 0 spiro atoms. The molecule has 0 aliphatic carbocycles. The second kappa shape index (κ2) is 11.7. The molecule has 2 heterocycles. The van der Waals surface area contributed by atoms with Crippen LogP contribution in [0.1, 0.15) is 22.0 Å². The van der Waals surface area contributed by atoms with Crippen LogP contribution in [0, 0.1) is 6.92 Å². The van der Waals surface area contributed by atoms with Crippen molar-refractivity contribution in [3.05, 3.63) is 82.0 Å². The Morgan fingerprint density at radius 2 is 1.72 bits per heavy atom. The lowest BCUT2D eigenvalue weighted by molar-refractivity contribution is -0.137. The summed E-state index contributed by atoms with van der Waals surface area (Å²) in [5.41, 5.74) is -0.301. The van der Waals surface area contributed by atoms with Crippen molar-refractivity contribution in [1.82, 2.24) is 9.21 Å². The van der Waals surface area contributed by atoms with Crippen LogP contribution in [0.2, 0.25) is 0 Å². The standard InChI is InChI=1S/C26H25ClF3N3O4S2/c1-18-5-2-8-21(15-18)39(36,37)32-12-10-31(11-13-32)25(35)24(22-9-4-14-38-22)33(23(34)17-27)20-7-3-6-19(16-20)26(28,29)30/h2-9,14-16,24H,10-13,17H2,1H3. The number of anilines is 1. The molecule has 0 N–H and O–H groups in total. The summed E-state index contributed by atoms with van der Waals surface area (Å²) in [5.74, 6) is -1.85. The Morgan fingerprint density at radius 3 is 2.31 bits per heavy atom. The second-order valence-electron chi connectivity index (χ2n) is 8.91. The highest BCUT2D eigenvalue weighted by Gasteiger charge is 2.39. The maximum Gasteiger partial charge on any atom is 0.416 e. The first-order valence-electron chi connectivity index (χ1n) is 11.9. The van der Waals surface area contributed by atoms with Crippen molar-refractivity contribution in [3.63, 3.8) is 0 Å². The molecule has 2 amide bonds. The first kappa shape index (κ1) is 29.1. The zero-order chi connectivity index (χ0) is 28.4. The summed E-state index contributed by atoms with van der Waals surface area (Å²) >= 11 is 7.03. The molecule has 2 aromatic carbocycles. The highest BCUT2D eigenvalue weighted by molar-refractivity contribution is 7.89. The maximum atomic E-state index is 13.9. The second-order valence-corrected chi connectivity index (χ2v) is 12.1. The zero-order valence-electron chi connectivity index (χ0n) is 20.8. The van der Waals surface area contributed by atoms with Crippen molar-refractivity contribution in [2.75, 3.05) is 37.0 Å². The first-order chi connectivity index (χ1) is 18.4. The third kappa shape index (κ3) is 6.29. The Morgan fingerprint density at radius 1 is 1.03 bits per heavy atom. The number of halogens is 4. The van der Waals surface area contributed by atoms with E-state index in [4.69, 9.17) is 11.6 Å². The van der Waals surface area contributed by atoms with Crippen molar-refractivity contribution >= 4 is 50.5 Å². The molecule has 1 aliphatic rings. The third-order valence-electron chi connectivity index (χ3n) is 6.32. The fraction of sp³-hybridized carbons (Fsp3) is 0.308. The van der Waals surface area contributed by atoms with Crippen LogP contribution < -0.4 is 4.90 Å². The van der Waals surface area contributed by atoms with E-state index in [1.807, 2.05) is 0 Å². The molecule has 1 saturated heterocycles. The van der Waals surface area contributed by atoms with Gasteiger partial charge in [-0.15, -0.1) is 22.9 Å². The SMILES string of the molecule is Cc1cccc(S(=O)(=O)N2CCN(C(=O)C(c3cccs3)N(C(=O)CCl)c3cccc(C(F)(F)F)c3)CC2)c1. The molecule has 39 heavy (non-hydrogen) atoms. The van der Waals surface area contributed by atoms with Gasteiger partial charge in [-0.2, -0.15) is 17.5 Å². The first-order valence-corrected chi connectivity index (χ1v) is 14.7. The number of nitrogens with zero attached hydrogens (tertiary/aromatic N) is 3. The normalized spacial score (nSPS) is 15.7. The van der Waals surface area contributed by atoms with Crippen LogP contribution in [0.15, 0.2) is 70.9 Å². The van der Waals surface area contributed by atoms with Gasteiger partial charge in [0.1, 0.15) is 11.9 Å². The lowest BCUT2D eigenvalue weighted by Crippen LogP contribution is -2.54. The van der Waals surface area contributed by atoms with Crippen LogP contribution in [0.4, 0.5) is 18.9 Å². The van der Waals surface area contributed by atoms with Gasteiger partial charge in [-0.05, 0) is 54.3 Å². The number of aryl methyl sites for hydroxylation is 1. The number of rotatable bonds is 7. The minimum absolute atomic E-state index is 0.0200. The van der Waals surface area contributed by atoms with E-state index >= 15 is 0 Å². The van der Waals surface area contributed by atoms with E-state index in [1.165, 1.54) is 32.7 Å². The number of piperazine rings is 1. The number of carbonyl (C=O) groups excluding carboxylic acids is 2. The number of amides is 2. The molecule has 1 aromatic heterocycles. The molecular formula is C26H25ClF3N3O4S2. The molecule has 4 rings (SSSR count). The van der Waals surface area contributed by atoms with E-state index < -0.39 is 45.5 Å². The number of thiophene rings is 1. The maximum absolute atomic E-state index is 13.9. The summed E-state index contributed by atoms with van der Waals surface area (Å²) < 4.78 is 67.9. The minimum atomic E-state index is -4.66. The number of hydrogen-bond acceptors (Lipinski definition) is 5. The number of hydrogen-bond donors (Lipinski definition) is 0. The quantitative estimate of drug-likeness (QED) is 0.361. The van der Waals surface area contributed by atoms with Crippen molar-refractivity contribution in [1.29, 1.82) is 0 Å². The molecule has 1 fully saturated rings. The molecule has 0 radical (unpaired) electrons. The molecule has 3 aromatic rings. The lowest BCUT2D eigenvalue weighted by atomic mass is 10.1. The predicted octanol–water partition coefficient (Wildman–Crippen LogP) is 4.92. The summed E-state index contributed by atoms with van der Waals surface area (Å²) in [6, 6.07) is 12.7. The fourth-order valence-electron chi connectivity index (χ4n) is 4.39. The van der Waals surface area contributed by atoms with E-state index in [0.29, 0.717) is 4.88 Å². The van der Waals surface area contributed by atoms with E-state index in [1.54, 1.807) is 42.6 Å². The number of carbonyl (C=O) groups is 2. The highest BCUT2D eigenvalue weighted by atomic mass is 35.5. The molecule has 0 bridgehead atoms. The summed E-state index contributed by atoms with van der Waals surface area (Å²) in [6.07, 6.45) is -4.66. The van der Waals surface area contributed by atoms with Gasteiger partial charge in [-0.3, -0.25) is 14.5 Å². The molecule has 1 atom stereocenters. The van der Waals surface area contributed by atoms with Crippen LogP contribution in [0.25, 0.3) is 0 Å². The number of benzene rings is 2. The van der Waals surface area contributed by atoms with Crippen molar-refractivity contribution in [3.8, 4) is 0 Å². The van der Waals surface area contributed by atoms with Gasteiger partial charge in [0.15, 0.2) is 0 Å². The Labute approximate surface area is 233 Å². The van der Waals surface area contributed by atoms with Crippen molar-refractivity contribution in [2.24, 2.45) is 0 Å². The molecular weight excluding hydrogens is 575 g/mol. The van der Waals surface area contributed by atoms with Gasteiger partial charge in [0, 0.05) is 36.7 Å². The zero-order valence-corrected chi connectivity index (χ0v) is 23.2. The van der Waals surface area contributed by atoms with E-state index in [-0.39, 0.29) is 36.8 Å². The van der Waals surface area contributed by atoms with Gasteiger partial charge in [0.25, 0.3) is 5.91 Å². The Balaban J connectivity index is 1.63. The fourth-order valence-corrected chi connectivity index (χ4v) is 6.85. The van der Waals surface area contributed by atoms with Crippen LogP contribution in [0.3, 0.4) is 0 Å². The van der Waals surface area contributed by atoms with Crippen LogP contribution in [-0.2, 0) is 25.8 Å². The van der Waals surface area contributed by atoms with Gasteiger partial charge in [-0.25, -0.2) is 8.42 Å². The van der Waals surface area contributed by atoms with Crippen LogP contribution in [0.5, 0.6) is 0 Å². The van der Waals surface area contributed by atoms with E-state index in [2.05, 4.69) is 0 Å². The molecule has 208 valence electrons. The molecule has 13 heteroatoms. The van der Waals surface area contributed by atoms with Crippen LogP contribution >= 0.6 is 22.9 Å². The van der Waals surface area contributed by atoms with E-state index in [0.717, 1.165) is 28.7 Å². The average molecular weight is 600 g/mol. The molecule has 0 saturated carbocycles. The van der Waals surface area contributed by atoms with Gasteiger partial charge < -0.3 is 4.90 Å². The Hall–Kier alpha value is -2.93. The smallest absolute Gasteiger partial charge is 0.338 e. The van der Waals surface area contributed by atoms with Gasteiger partial charge in [-0.1, -0.05) is 24.3 Å². The van der Waals surface area contributed by atoms with Gasteiger partial charge >= 0.3 is 6.18 Å². The highest BCUT2D eigenvalue weighted by Crippen LogP contribution is 2.36. The topological polar surface area (TPSA) is 78.0 Å². The minimum Gasteiger partial charge on any atom is -0.338 e. The van der Waals surface area contributed by atoms with Crippen molar-refractivity contribution < 1.29 is 31.2 Å². The lowest BCUT2D eigenvalue weighted by Gasteiger charge is -2.38. The molecule has 1 unspecified atom stereocenters. The summed E-state index contributed by atoms with van der Waals surface area (Å²) in [4.78, 5) is 29.9. The average Bonchev–Trinajstić information content (AvgIpc) is 3.45. The summed E-state index contributed by atoms with van der Waals surface area (Å²) in [6.45, 7) is 1.91. The number of alkyl halides is 4. The molecule has 7 nitrogen and oxygen atoms in total. The van der Waals surface area contributed by atoms with Crippen molar-refractivity contribution in [2.45, 2.75) is 24.0 Å². The number of sulfonamides is 1. The monoisotopic (exact) mass is 599 g/mol. The van der Waals surface area contributed by atoms with Crippen LogP contribution in [-0.4, -0.2) is 61.5 Å². The largest absolute Gasteiger partial charge is 0.416 e. The molecule has 1 aliphatic heterocycles. The Kier molecular flexibility index (Phi) is 8.69. The van der Waals surface area contributed by atoms with Gasteiger partial charge in [0.05, 0.1) is 10.5 Å². The Bertz CT molecular complexity index is 1440. The summed E-state index contributed by atoms with van der Waals surface area (Å²) in [7, 11) is -3.78. The third-order valence-corrected chi connectivity index (χ3v) is 9.37.